The van der Waals surface area contributed by atoms with Crippen LogP contribution in [0.3, 0.4) is 0 Å². The normalized spacial score (nSPS) is 16.8. The van der Waals surface area contributed by atoms with Crippen molar-refractivity contribution < 1.29 is 13.2 Å². The molecule has 1 aromatic heterocycles. The van der Waals surface area contributed by atoms with Crippen LogP contribution >= 0.6 is 10.7 Å². The van der Waals surface area contributed by atoms with Crippen LogP contribution in [-0.2, 0) is 9.05 Å². The average molecular weight is 333 g/mol. The molecule has 1 aliphatic rings. The number of halogens is 1. The van der Waals surface area contributed by atoms with Crippen molar-refractivity contribution in [2.45, 2.75) is 44.0 Å². The highest BCUT2D eigenvalue weighted by molar-refractivity contribution is 8.13. The van der Waals surface area contributed by atoms with Gasteiger partial charge in [-0.05, 0) is 24.8 Å². The highest BCUT2D eigenvalue weighted by Crippen LogP contribution is 2.38. The Labute approximate surface area is 130 Å². The molecule has 1 aromatic rings. The molecule has 1 saturated carbocycles. The van der Waals surface area contributed by atoms with Gasteiger partial charge in [0.05, 0.1) is 0 Å². The molecule has 0 aliphatic heterocycles. The molecule has 0 spiro atoms. The highest BCUT2D eigenvalue weighted by atomic mass is 35.7. The molecular weight excluding hydrogens is 312 g/mol. The number of aromatic nitrogens is 1. The molecular formula is C14H21ClN2O3S. The predicted molar refractivity (Wildman–Crippen MR) is 82.2 cm³/mol. The lowest BCUT2D eigenvalue weighted by atomic mass is 10.1. The Hall–Kier alpha value is -1.01. The van der Waals surface area contributed by atoms with Gasteiger partial charge >= 0.3 is 0 Å². The van der Waals surface area contributed by atoms with Crippen molar-refractivity contribution >= 4 is 25.6 Å². The monoisotopic (exact) mass is 332 g/mol. The first-order valence-corrected chi connectivity index (χ1v) is 9.47. The summed E-state index contributed by atoms with van der Waals surface area (Å²) in [5, 5.41) is 0. The average Bonchev–Trinajstić information content (AvgIpc) is 3.14. The van der Waals surface area contributed by atoms with E-state index in [0.717, 1.165) is 19.3 Å². The summed E-state index contributed by atoms with van der Waals surface area (Å²) < 4.78 is 24.7. The smallest absolute Gasteiger partial charge is 0.270 e. The topological polar surface area (TPSA) is 59.4 Å². The highest BCUT2D eigenvalue weighted by Gasteiger charge is 2.31. The molecule has 1 unspecified atom stereocenters. The van der Waals surface area contributed by atoms with Gasteiger partial charge in [0, 0.05) is 36.5 Å². The van der Waals surface area contributed by atoms with E-state index in [2.05, 4.69) is 13.8 Å². The fourth-order valence-electron chi connectivity index (χ4n) is 2.29. The summed E-state index contributed by atoms with van der Waals surface area (Å²) in [7, 11) is 3.32. The molecule has 1 heterocycles. The zero-order valence-corrected chi connectivity index (χ0v) is 14.1. The fourth-order valence-corrected chi connectivity index (χ4v) is 3.03. The molecule has 21 heavy (non-hydrogen) atoms. The molecule has 7 heteroatoms. The molecule has 1 atom stereocenters. The Morgan fingerprint density at radius 2 is 2.14 bits per heavy atom. The minimum Gasteiger partial charge on any atom is -0.340 e. The van der Waals surface area contributed by atoms with Gasteiger partial charge < -0.3 is 9.47 Å². The van der Waals surface area contributed by atoms with Crippen LogP contribution in [0.5, 0.6) is 0 Å². The fraction of sp³-hybridized carbons (Fsp3) is 0.643. The van der Waals surface area contributed by atoms with Crippen LogP contribution in [0.1, 0.15) is 49.6 Å². The molecule has 2 rings (SSSR count). The number of rotatable bonds is 6. The van der Waals surface area contributed by atoms with Crippen molar-refractivity contribution in [1.29, 1.82) is 0 Å². The zero-order valence-electron chi connectivity index (χ0n) is 12.5. The second-order valence-electron chi connectivity index (χ2n) is 5.84. The van der Waals surface area contributed by atoms with Crippen LogP contribution in [0.25, 0.3) is 0 Å². The number of hydrogen-bond acceptors (Lipinski definition) is 3. The lowest BCUT2D eigenvalue weighted by molar-refractivity contribution is 0.0764. The number of carbonyl (C=O) groups is 1. The van der Waals surface area contributed by atoms with E-state index in [1.165, 1.54) is 12.3 Å². The van der Waals surface area contributed by atoms with Crippen molar-refractivity contribution in [2.75, 3.05) is 13.6 Å². The van der Waals surface area contributed by atoms with Crippen molar-refractivity contribution in [3.63, 3.8) is 0 Å². The number of carbonyl (C=O) groups excluding carboxylic acids is 1. The third-order valence-electron chi connectivity index (χ3n) is 3.89. The van der Waals surface area contributed by atoms with Crippen molar-refractivity contribution in [3.05, 3.63) is 18.0 Å². The number of amides is 1. The van der Waals surface area contributed by atoms with Gasteiger partial charge in [0.2, 0.25) is 0 Å². The van der Waals surface area contributed by atoms with E-state index in [1.54, 1.807) is 16.5 Å². The summed E-state index contributed by atoms with van der Waals surface area (Å²) >= 11 is 0. The van der Waals surface area contributed by atoms with E-state index in [9.17, 15) is 13.2 Å². The Kier molecular flexibility index (Phi) is 4.68. The van der Waals surface area contributed by atoms with Crippen molar-refractivity contribution in [2.24, 2.45) is 5.92 Å². The van der Waals surface area contributed by atoms with Crippen molar-refractivity contribution in [3.8, 4) is 0 Å². The molecule has 0 N–H and O–H groups in total. The van der Waals surface area contributed by atoms with Crippen molar-refractivity contribution in [1.82, 2.24) is 9.47 Å². The molecule has 5 nitrogen and oxygen atoms in total. The Morgan fingerprint density at radius 1 is 1.52 bits per heavy atom. The Bertz CT molecular complexity index is 635. The van der Waals surface area contributed by atoms with E-state index in [1.807, 2.05) is 0 Å². The maximum absolute atomic E-state index is 12.6. The molecule has 0 radical (unpaired) electrons. The summed E-state index contributed by atoms with van der Waals surface area (Å²) in [5.41, 5.74) is 0.405. The van der Waals surface area contributed by atoms with E-state index >= 15 is 0 Å². The summed E-state index contributed by atoms with van der Waals surface area (Å²) in [6, 6.07) is 1.60. The SMILES string of the molecule is CCC(C)CN(C)C(=O)c1cc(S(=O)(=O)Cl)cn1C1CC1. The predicted octanol–water partition coefficient (Wildman–Crippen LogP) is 2.87. The maximum Gasteiger partial charge on any atom is 0.270 e. The molecule has 1 fully saturated rings. The molecule has 0 bridgehead atoms. The summed E-state index contributed by atoms with van der Waals surface area (Å²) in [6.45, 7) is 4.81. The van der Waals surface area contributed by atoms with E-state index < -0.39 is 9.05 Å². The molecule has 0 aromatic carbocycles. The lowest BCUT2D eigenvalue weighted by Crippen LogP contribution is -2.32. The first-order valence-electron chi connectivity index (χ1n) is 7.16. The quantitative estimate of drug-likeness (QED) is 0.753. The maximum atomic E-state index is 12.6. The zero-order chi connectivity index (χ0) is 15.8. The van der Waals surface area contributed by atoms with Gasteiger partial charge in [0.15, 0.2) is 0 Å². The standard InChI is InChI=1S/C14H21ClN2O3S/c1-4-10(2)8-16(3)14(18)13-7-12(21(15,19)20)9-17(13)11-5-6-11/h7,9-11H,4-6,8H2,1-3H3. The largest absolute Gasteiger partial charge is 0.340 e. The van der Waals surface area contributed by atoms with Crippen LogP contribution in [0.2, 0.25) is 0 Å². The van der Waals surface area contributed by atoms with Crippen LogP contribution in [0.4, 0.5) is 0 Å². The second-order valence-corrected chi connectivity index (χ2v) is 8.40. The first kappa shape index (κ1) is 16.4. The Morgan fingerprint density at radius 3 is 2.62 bits per heavy atom. The van der Waals surface area contributed by atoms with Crippen LogP contribution in [0.15, 0.2) is 17.2 Å². The van der Waals surface area contributed by atoms with E-state index in [-0.39, 0.29) is 16.8 Å². The van der Waals surface area contributed by atoms with E-state index in [0.29, 0.717) is 18.2 Å². The third-order valence-corrected chi connectivity index (χ3v) is 5.21. The summed E-state index contributed by atoms with van der Waals surface area (Å²) in [6.07, 6.45) is 4.39. The van der Waals surface area contributed by atoms with Crippen LogP contribution in [-0.4, -0.2) is 37.4 Å². The molecule has 118 valence electrons. The number of nitrogens with zero attached hydrogens (tertiary/aromatic N) is 2. The summed E-state index contributed by atoms with van der Waals surface area (Å²) in [5.74, 6) is 0.244. The Balaban J connectivity index is 2.29. The van der Waals surface area contributed by atoms with Gasteiger partial charge in [-0.2, -0.15) is 0 Å². The molecule has 0 saturated heterocycles. The second kappa shape index (κ2) is 6.01. The summed E-state index contributed by atoms with van der Waals surface area (Å²) in [4.78, 5) is 14.2. The van der Waals surface area contributed by atoms with Gasteiger partial charge in [0.1, 0.15) is 10.6 Å². The minimum absolute atomic E-state index is 0.00337. The van der Waals surface area contributed by atoms with E-state index in [4.69, 9.17) is 10.7 Å². The van der Waals surface area contributed by atoms with Gasteiger partial charge in [-0.1, -0.05) is 20.3 Å². The van der Waals surface area contributed by atoms with Gasteiger partial charge in [-0.15, -0.1) is 0 Å². The van der Waals surface area contributed by atoms with Gasteiger partial charge in [-0.25, -0.2) is 8.42 Å². The third kappa shape index (κ3) is 3.80. The molecule has 1 aliphatic carbocycles. The number of hydrogen-bond donors (Lipinski definition) is 0. The van der Waals surface area contributed by atoms with Crippen LogP contribution < -0.4 is 0 Å². The molecule has 1 amide bonds. The van der Waals surface area contributed by atoms with Crippen LogP contribution in [0, 0.1) is 5.92 Å². The van der Waals surface area contributed by atoms with Gasteiger partial charge in [0.25, 0.3) is 15.0 Å². The minimum atomic E-state index is -3.82. The lowest BCUT2D eigenvalue weighted by Gasteiger charge is -2.21. The first-order chi connectivity index (χ1) is 9.74. The van der Waals surface area contributed by atoms with Gasteiger partial charge in [-0.3, -0.25) is 4.79 Å².